The number of rotatable bonds is 1. The molecule has 1 aromatic rings. The predicted molar refractivity (Wildman–Crippen MR) is 75.7 cm³/mol. The molecule has 21 heavy (non-hydrogen) atoms. The maximum Gasteiger partial charge on any atom is 0.180 e. The van der Waals surface area contributed by atoms with Crippen LogP contribution < -0.4 is 0 Å². The predicted octanol–water partition coefficient (Wildman–Crippen LogP) is 0.172. The van der Waals surface area contributed by atoms with E-state index >= 15 is 0 Å². The van der Waals surface area contributed by atoms with E-state index in [-0.39, 0.29) is 42.4 Å². The highest BCUT2D eigenvalue weighted by atomic mass is 32.2. The van der Waals surface area contributed by atoms with Gasteiger partial charge in [-0.25, -0.2) is 8.42 Å². The Morgan fingerprint density at radius 3 is 2.67 bits per heavy atom. The number of carbonyl (C=O) groups excluding carboxylic acids is 1. The van der Waals surface area contributed by atoms with Crippen LogP contribution in [-0.2, 0) is 21.1 Å². The van der Waals surface area contributed by atoms with Crippen LogP contribution in [0.1, 0.15) is 11.3 Å². The van der Waals surface area contributed by atoms with E-state index in [9.17, 15) is 18.5 Å². The first-order valence-electron chi connectivity index (χ1n) is 6.59. The van der Waals surface area contributed by atoms with Gasteiger partial charge in [0.25, 0.3) is 0 Å². The molecule has 0 saturated carbocycles. The van der Waals surface area contributed by atoms with Crippen LogP contribution >= 0.6 is 0 Å². The van der Waals surface area contributed by atoms with Gasteiger partial charge in [0.1, 0.15) is 11.6 Å². The minimum absolute atomic E-state index is 0.0333. The molecular formula is C14H13N3O3S. The summed E-state index contributed by atoms with van der Waals surface area (Å²) in [5.41, 5.74) is 1.97. The number of hydrogen-bond acceptors (Lipinski definition) is 6. The third-order valence-corrected chi connectivity index (χ3v) is 5.36. The van der Waals surface area contributed by atoms with Crippen molar-refractivity contribution in [1.82, 2.24) is 9.88 Å². The van der Waals surface area contributed by atoms with Gasteiger partial charge in [-0.3, -0.25) is 9.78 Å². The zero-order valence-corrected chi connectivity index (χ0v) is 12.1. The van der Waals surface area contributed by atoms with Crippen molar-refractivity contribution >= 4 is 21.3 Å². The second-order valence-corrected chi connectivity index (χ2v) is 7.39. The quantitative estimate of drug-likeness (QED) is 0.734. The topological polar surface area (TPSA) is 91.1 Å². The lowest BCUT2D eigenvalue weighted by Crippen LogP contribution is -2.41. The van der Waals surface area contributed by atoms with E-state index in [1.54, 1.807) is 17.2 Å². The maximum atomic E-state index is 12.1. The Labute approximate surface area is 122 Å². The van der Waals surface area contributed by atoms with Gasteiger partial charge in [-0.05, 0) is 11.6 Å². The molecule has 1 aliphatic carbocycles. The molecule has 1 aliphatic heterocycles. The third-order valence-electron chi connectivity index (χ3n) is 3.75. The number of ketones is 1. The summed E-state index contributed by atoms with van der Waals surface area (Å²) in [4.78, 5) is 18.2. The van der Waals surface area contributed by atoms with Crippen molar-refractivity contribution in [2.75, 3.05) is 24.6 Å². The molecule has 1 saturated heterocycles. The average Bonchev–Trinajstić information content (AvgIpc) is 2.46. The molecule has 0 radical (unpaired) electrons. The van der Waals surface area contributed by atoms with Crippen LogP contribution in [-0.4, -0.2) is 48.7 Å². The zero-order valence-electron chi connectivity index (χ0n) is 11.2. The van der Waals surface area contributed by atoms with Crippen molar-refractivity contribution < 1.29 is 13.2 Å². The minimum Gasteiger partial charge on any atom is -0.367 e. The fraction of sp³-hybridized carbons (Fsp3) is 0.357. The zero-order chi connectivity index (χ0) is 15.0. The highest BCUT2D eigenvalue weighted by Crippen LogP contribution is 2.31. The summed E-state index contributed by atoms with van der Waals surface area (Å²) in [6, 6.07) is 5.53. The van der Waals surface area contributed by atoms with Crippen LogP contribution in [0.15, 0.2) is 23.9 Å². The summed E-state index contributed by atoms with van der Waals surface area (Å²) in [6.45, 7) is 0.568. The molecule has 0 unspecified atom stereocenters. The summed E-state index contributed by atoms with van der Waals surface area (Å²) in [7, 11) is -3.02. The number of allylic oxidation sites excluding steroid dienone is 1. The maximum absolute atomic E-state index is 12.1. The molecular weight excluding hydrogens is 290 g/mol. The smallest absolute Gasteiger partial charge is 0.180 e. The summed E-state index contributed by atoms with van der Waals surface area (Å²) < 4.78 is 23.1. The number of carbonyl (C=O) groups is 1. The van der Waals surface area contributed by atoms with Gasteiger partial charge in [0, 0.05) is 25.7 Å². The number of hydrogen-bond donors (Lipinski definition) is 0. The third kappa shape index (κ3) is 2.43. The number of sulfone groups is 1. The second kappa shape index (κ2) is 4.97. The molecule has 0 bridgehead atoms. The summed E-state index contributed by atoms with van der Waals surface area (Å²) in [5.74, 6) is -0.168. The number of nitriles is 1. The Balaban J connectivity index is 2.09. The molecule has 0 atom stereocenters. The van der Waals surface area contributed by atoms with Crippen LogP contribution in [0.25, 0.3) is 5.70 Å². The number of Topliss-reactive ketones (excluding diaryl/α,β-unsaturated/α-hetero) is 1. The van der Waals surface area contributed by atoms with Gasteiger partial charge in [0.05, 0.1) is 22.9 Å². The molecule has 1 aromatic heterocycles. The average molecular weight is 303 g/mol. The first-order chi connectivity index (χ1) is 10.0. The highest BCUT2D eigenvalue weighted by Gasteiger charge is 2.32. The van der Waals surface area contributed by atoms with E-state index in [0.29, 0.717) is 11.4 Å². The van der Waals surface area contributed by atoms with Gasteiger partial charge in [0.15, 0.2) is 15.6 Å². The van der Waals surface area contributed by atoms with E-state index in [1.807, 2.05) is 12.1 Å². The van der Waals surface area contributed by atoms with Crippen molar-refractivity contribution in [2.24, 2.45) is 0 Å². The first-order valence-corrected chi connectivity index (χ1v) is 8.41. The van der Waals surface area contributed by atoms with Crippen molar-refractivity contribution in [3.05, 3.63) is 35.2 Å². The Bertz CT molecular complexity index is 776. The van der Waals surface area contributed by atoms with Crippen LogP contribution in [0.2, 0.25) is 0 Å². The normalized spacial score (nSPS) is 20.9. The fourth-order valence-corrected chi connectivity index (χ4v) is 3.87. The standard InChI is InChI=1S/C14H13N3O3S/c15-9-11-12(18)8-10-2-1-3-16-13(10)14(11)17-4-6-21(19,20)7-5-17/h1-3H,4-8H2. The number of pyridine rings is 1. The van der Waals surface area contributed by atoms with E-state index < -0.39 is 9.84 Å². The molecule has 0 aromatic carbocycles. The van der Waals surface area contributed by atoms with Gasteiger partial charge in [-0.15, -0.1) is 0 Å². The fourth-order valence-electron chi connectivity index (χ4n) is 2.67. The van der Waals surface area contributed by atoms with Crippen molar-refractivity contribution in [3.8, 4) is 6.07 Å². The second-order valence-electron chi connectivity index (χ2n) is 5.09. The molecule has 0 N–H and O–H groups in total. The van der Waals surface area contributed by atoms with Crippen molar-refractivity contribution in [3.63, 3.8) is 0 Å². The number of aromatic nitrogens is 1. The van der Waals surface area contributed by atoms with Gasteiger partial charge >= 0.3 is 0 Å². The monoisotopic (exact) mass is 303 g/mol. The molecule has 108 valence electrons. The van der Waals surface area contributed by atoms with E-state index in [4.69, 9.17) is 0 Å². The Kier molecular flexibility index (Phi) is 3.26. The van der Waals surface area contributed by atoms with Crippen LogP contribution in [0.3, 0.4) is 0 Å². The molecule has 7 heteroatoms. The summed E-state index contributed by atoms with van der Waals surface area (Å²) in [6.07, 6.45) is 1.78. The van der Waals surface area contributed by atoms with Gasteiger partial charge in [0.2, 0.25) is 0 Å². The van der Waals surface area contributed by atoms with E-state index in [0.717, 1.165) is 5.56 Å². The minimum atomic E-state index is -3.02. The molecule has 1 fully saturated rings. The molecule has 6 nitrogen and oxygen atoms in total. The van der Waals surface area contributed by atoms with E-state index in [2.05, 4.69) is 4.98 Å². The molecule has 2 heterocycles. The SMILES string of the molecule is N#CC1=C(N2CCS(=O)(=O)CC2)c2ncccc2CC1=O. The van der Waals surface area contributed by atoms with Crippen LogP contribution in [0, 0.1) is 11.3 Å². The van der Waals surface area contributed by atoms with Crippen molar-refractivity contribution in [1.29, 1.82) is 5.26 Å². The molecule has 2 aliphatic rings. The molecule has 3 rings (SSSR count). The Morgan fingerprint density at radius 2 is 2.00 bits per heavy atom. The summed E-state index contributed by atoms with van der Waals surface area (Å²) in [5, 5.41) is 9.29. The Hall–Kier alpha value is -2.20. The van der Waals surface area contributed by atoms with Gasteiger partial charge in [-0.2, -0.15) is 5.26 Å². The summed E-state index contributed by atoms with van der Waals surface area (Å²) >= 11 is 0. The highest BCUT2D eigenvalue weighted by molar-refractivity contribution is 7.91. The van der Waals surface area contributed by atoms with Gasteiger partial charge < -0.3 is 4.90 Å². The Morgan fingerprint density at radius 1 is 1.29 bits per heavy atom. The lowest BCUT2D eigenvalue weighted by Gasteiger charge is -2.33. The van der Waals surface area contributed by atoms with Crippen molar-refractivity contribution in [2.45, 2.75) is 6.42 Å². The van der Waals surface area contributed by atoms with E-state index in [1.165, 1.54) is 0 Å². The lowest BCUT2D eigenvalue weighted by molar-refractivity contribution is -0.114. The molecule has 0 amide bonds. The number of nitrogens with zero attached hydrogens (tertiary/aromatic N) is 3. The largest absolute Gasteiger partial charge is 0.367 e. The molecule has 0 spiro atoms. The number of fused-ring (bicyclic) bond motifs is 1. The first kappa shape index (κ1) is 13.8. The lowest BCUT2D eigenvalue weighted by atomic mass is 9.91. The van der Waals surface area contributed by atoms with Gasteiger partial charge in [-0.1, -0.05) is 6.07 Å². The van der Waals surface area contributed by atoms with Crippen LogP contribution in [0.4, 0.5) is 0 Å². The van der Waals surface area contributed by atoms with Crippen LogP contribution in [0.5, 0.6) is 0 Å².